The van der Waals surface area contributed by atoms with E-state index in [1.165, 1.54) is 11.3 Å². The van der Waals surface area contributed by atoms with Gasteiger partial charge in [0.15, 0.2) is 5.82 Å². The minimum Gasteiger partial charge on any atom is -0.542 e. The molecule has 30 heavy (non-hydrogen) atoms. The Labute approximate surface area is 219 Å². The van der Waals surface area contributed by atoms with Crippen molar-refractivity contribution in [3.05, 3.63) is 53.3 Å². The zero-order chi connectivity index (χ0) is 20.1. The summed E-state index contributed by atoms with van der Waals surface area (Å²) in [5.41, 5.74) is 5.15. The Bertz CT molecular complexity index is 1240. The number of carbonyl (C=O) groups is 1. The van der Waals surface area contributed by atoms with Crippen LogP contribution in [0, 0.1) is 0 Å². The molecular formula is C21H17KN4O3S. The van der Waals surface area contributed by atoms with Gasteiger partial charge in [-0.05, 0) is 41.6 Å². The van der Waals surface area contributed by atoms with Crippen LogP contribution in [0.3, 0.4) is 0 Å². The topological polar surface area (TPSA) is 85.0 Å². The molecule has 0 radical (unpaired) electrons. The number of rotatable bonds is 4. The van der Waals surface area contributed by atoms with Crippen LogP contribution in [-0.2, 0) is 20.0 Å². The molecule has 1 aromatic carbocycles. The molecule has 0 N–H and O–H groups in total. The van der Waals surface area contributed by atoms with E-state index in [0.29, 0.717) is 18.7 Å². The largest absolute Gasteiger partial charge is 1.00 e. The van der Waals surface area contributed by atoms with Crippen LogP contribution >= 0.6 is 11.3 Å². The molecule has 146 valence electrons. The maximum absolute atomic E-state index is 11.7. The molecule has 4 heterocycles. The smallest absolute Gasteiger partial charge is 0.542 e. The summed E-state index contributed by atoms with van der Waals surface area (Å²) in [6, 6.07) is 9.86. The standard InChI is InChI=1S/C21H18N4O3S.K/c1-24-7-6-15(23-24)14-11-13-12(10-16(14)28-2)5-8-25-19(13)18(17-4-3-9-29-17)22-20(25)21(26)27;/h3-4,6-7,9-11H,5,8H2,1-2H3,(H,26,27);/q;+1/p-1. The van der Waals surface area contributed by atoms with Crippen LogP contribution in [0.5, 0.6) is 5.75 Å². The van der Waals surface area contributed by atoms with E-state index < -0.39 is 5.97 Å². The first kappa shape index (κ1) is 21.5. The van der Waals surface area contributed by atoms with Crippen molar-refractivity contribution in [2.24, 2.45) is 7.05 Å². The Balaban J connectivity index is 0.00000218. The number of thiophene rings is 1. The van der Waals surface area contributed by atoms with Crippen molar-refractivity contribution < 1.29 is 66.0 Å². The number of benzene rings is 1. The van der Waals surface area contributed by atoms with Gasteiger partial charge >= 0.3 is 51.4 Å². The van der Waals surface area contributed by atoms with Crippen molar-refractivity contribution in [1.29, 1.82) is 0 Å². The Hall–Kier alpha value is -1.75. The average Bonchev–Trinajstić information content (AvgIpc) is 3.45. The number of carboxylic acids is 1. The van der Waals surface area contributed by atoms with E-state index in [9.17, 15) is 9.90 Å². The molecule has 7 nitrogen and oxygen atoms in total. The number of hydrogen-bond donors (Lipinski definition) is 0. The zero-order valence-corrected chi connectivity index (χ0v) is 20.8. The maximum Gasteiger partial charge on any atom is 1.00 e. The predicted octanol–water partition coefficient (Wildman–Crippen LogP) is -0.389. The molecule has 5 rings (SSSR count). The summed E-state index contributed by atoms with van der Waals surface area (Å²) in [4.78, 5) is 17.1. The van der Waals surface area contributed by atoms with Crippen LogP contribution in [0.1, 0.15) is 16.2 Å². The van der Waals surface area contributed by atoms with Gasteiger partial charge in [0.25, 0.3) is 0 Å². The van der Waals surface area contributed by atoms with E-state index in [1.54, 1.807) is 16.4 Å². The average molecular weight is 445 g/mol. The minimum absolute atomic E-state index is 0. The van der Waals surface area contributed by atoms with E-state index in [2.05, 4.69) is 10.1 Å². The number of ether oxygens (including phenoxy) is 1. The molecule has 0 fully saturated rings. The Kier molecular flexibility index (Phi) is 6.02. The van der Waals surface area contributed by atoms with Crippen molar-refractivity contribution in [3.8, 4) is 38.8 Å². The number of carbonyl (C=O) groups excluding carboxylic acids is 1. The van der Waals surface area contributed by atoms with Gasteiger partial charge in [-0.25, -0.2) is 4.98 Å². The summed E-state index contributed by atoms with van der Waals surface area (Å²) in [7, 11) is 3.51. The van der Waals surface area contributed by atoms with Crippen molar-refractivity contribution >= 4 is 17.3 Å². The molecule has 3 aromatic heterocycles. The van der Waals surface area contributed by atoms with Gasteiger partial charge in [0.2, 0.25) is 0 Å². The van der Waals surface area contributed by atoms with Crippen molar-refractivity contribution in [2.45, 2.75) is 13.0 Å². The third-order valence-electron chi connectivity index (χ3n) is 5.18. The van der Waals surface area contributed by atoms with E-state index in [-0.39, 0.29) is 57.2 Å². The molecule has 1 aliphatic rings. The summed E-state index contributed by atoms with van der Waals surface area (Å²) >= 11 is 1.53. The number of aromatic nitrogens is 4. The van der Waals surface area contributed by atoms with Crippen molar-refractivity contribution in [3.63, 3.8) is 0 Å². The maximum atomic E-state index is 11.7. The van der Waals surface area contributed by atoms with Gasteiger partial charge in [0.05, 0.1) is 23.4 Å². The number of methoxy groups -OCH3 is 1. The van der Waals surface area contributed by atoms with Gasteiger partial charge < -0.3 is 19.2 Å². The second-order valence-corrected chi connectivity index (χ2v) is 7.83. The molecule has 0 bridgehead atoms. The molecular weight excluding hydrogens is 427 g/mol. The fourth-order valence-corrected chi connectivity index (χ4v) is 4.61. The molecule has 0 unspecified atom stereocenters. The van der Waals surface area contributed by atoms with Crippen LogP contribution in [0.15, 0.2) is 41.9 Å². The van der Waals surface area contributed by atoms with E-state index in [0.717, 1.165) is 38.7 Å². The third kappa shape index (κ3) is 3.49. The Morgan fingerprint density at radius 2 is 2.10 bits per heavy atom. The Morgan fingerprint density at radius 3 is 2.73 bits per heavy atom. The second kappa shape index (κ2) is 8.41. The summed E-state index contributed by atoms with van der Waals surface area (Å²) in [5, 5.41) is 18.2. The molecule has 1 aliphatic heterocycles. The minimum atomic E-state index is -1.27. The van der Waals surface area contributed by atoms with Crippen LogP contribution < -0.4 is 61.2 Å². The normalized spacial score (nSPS) is 12.1. The fraction of sp³-hybridized carbons (Fsp3) is 0.190. The first-order valence-electron chi connectivity index (χ1n) is 9.14. The van der Waals surface area contributed by atoms with Crippen molar-refractivity contribution in [1.82, 2.24) is 19.3 Å². The second-order valence-electron chi connectivity index (χ2n) is 6.88. The van der Waals surface area contributed by atoms with Crippen LogP contribution in [-0.4, -0.2) is 32.4 Å². The third-order valence-corrected chi connectivity index (χ3v) is 6.06. The molecule has 9 heteroatoms. The monoisotopic (exact) mass is 444 g/mol. The van der Waals surface area contributed by atoms with Gasteiger partial charge in [0, 0.05) is 30.9 Å². The molecule has 0 saturated heterocycles. The van der Waals surface area contributed by atoms with Gasteiger partial charge in [0.1, 0.15) is 17.4 Å². The number of nitrogens with zero attached hydrogens (tertiary/aromatic N) is 4. The number of hydrogen-bond acceptors (Lipinski definition) is 6. The quantitative estimate of drug-likeness (QED) is 0.401. The molecule has 0 saturated carbocycles. The van der Waals surface area contributed by atoms with E-state index in [1.807, 2.05) is 49.0 Å². The predicted molar refractivity (Wildman–Crippen MR) is 108 cm³/mol. The van der Waals surface area contributed by atoms with Gasteiger partial charge in [-0.15, -0.1) is 11.3 Å². The number of aromatic carboxylic acids is 1. The molecule has 0 atom stereocenters. The van der Waals surface area contributed by atoms with Crippen LogP contribution in [0.4, 0.5) is 0 Å². The number of aryl methyl sites for hydroxylation is 2. The molecule has 4 aromatic rings. The number of carboxylic acid groups (broad SMARTS) is 1. The van der Waals surface area contributed by atoms with E-state index in [4.69, 9.17) is 4.74 Å². The van der Waals surface area contributed by atoms with Crippen LogP contribution in [0.2, 0.25) is 0 Å². The molecule has 0 aliphatic carbocycles. The van der Waals surface area contributed by atoms with Gasteiger partial charge in [-0.3, -0.25) is 4.68 Å². The number of imidazole rings is 1. The zero-order valence-electron chi connectivity index (χ0n) is 16.9. The SMILES string of the molecule is COc1cc2c(cc1-c1ccn(C)n1)-c1c(-c3cccs3)nc(C(=O)[O-])n1CC2.[K+]. The first-order chi connectivity index (χ1) is 14.1. The number of fused-ring (bicyclic) bond motifs is 3. The summed E-state index contributed by atoms with van der Waals surface area (Å²) in [6.45, 7) is 0.524. The van der Waals surface area contributed by atoms with Crippen molar-refractivity contribution in [2.75, 3.05) is 7.11 Å². The molecule has 0 spiro atoms. The first-order valence-corrected chi connectivity index (χ1v) is 10.0. The fourth-order valence-electron chi connectivity index (χ4n) is 3.89. The summed E-state index contributed by atoms with van der Waals surface area (Å²) in [5.74, 6) is -0.562. The van der Waals surface area contributed by atoms with Gasteiger partial charge in [-0.1, -0.05) is 6.07 Å². The molecule has 0 amide bonds. The van der Waals surface area contributed by atoms with E-state index >= 15 is 0 Å². The summed E-state index contributed by atoms with van der Waals surface area (Å²) in [6.07, 6.45) is 2.56. The Morgan fingerprint density at radius 1 is 1.27 bits per heavy atom. The van der Waals surface area contributed by atoms with Gasteiger partial charge in [-0.2, -0.15) is 5.10 Å². The summed E-state index contributed by atoms with van der Waals surface area (Å²) < 4.78 is 9.13. The van der Waals surface area contributed by atoms with Crippen LogP contribution in [0.25, 0.3) is 33.1 Å².